The lowest BCUT2D eigenvalue weighted by Crippen LogP contribution is -2.39. The van der Waals surface area contributed by atoms with E-state index in [1.54, 1.807) is 11.3 Å². The minimum absolute atomic E-state index is 0. The molecule has 0 aliphatic heterocycles. The zero-order valence-corrected chi connectivity index (χ0v) is 20.2. The van der Waals surface area contributed by atoms with Crippen molar-refractivity contribution in [2.45, 2.75) is 32.8 Å². The zero-order valence-electron chi connectivity index (χ0n) is 17.0. The molecule has 2 rings (SSSR count). The normalized spacial score (nSPS) is 12.0. The average Bonchev–Trinajstić information content (AvgIpc) is 3.18. The minimum Gasteiger partial charge on any atom is -0.491 e. The summed E-state index contributed by atoms with van der Waals surface area (Å²) >= 11 is 1.72. The van der Waals surface area contributed by atoms with Gasteiger partial charge in [0, 0.05) is 42.7 Å². The monoisotopic (exact) mass is 549 g/mol. The van der Waals surface area contributed by atoms with Gasteiger partial charge in [0.2, 0.25) is 0 Å². The molecule has 0 fully saturated rings. The van der Waals surface area contributed by atoms with E-state index in [1.807, 2.05) is 13.1 Å². The number of aromatic nitrogens is 1. The van der Waals surface area contributed by atoms with E-state index in [0.29, 0.717) is 24.8 Å². The smallest absolute Gasteiger partial charge is 0.269 e. The summed E-state index contributed by atoms with van der Waals surface area (Å²) in [5.74, 6) is 1.08. The maximum Gasteiger partial charge on any atom is 0.269 e. The van der Waals surface area contributed by atoms with E-state index < -0.39 is 11.0 Å². The summed E-state index contributed by atoms with van der Waals surface area (Å²) < 4.78 is 5.46. The maximum absolute atomic E-state index is 10.6. The van der Waals surface area contributed by atoms with Gasteiger partial charge < -0.3 is 20.5 Å². The third-order valence-electron chi connectivity index (χ3n) is 3.88. The van der Waals surface area contributed by atoms with Gasteiger partial charge in [-0.25, -0.2) is 4.98 Å². The van der Waals surface area contributed by atoms with Crippen molar-refractivity contribution in [3.8, 4) is 5.75 Å². The Morgan fingerprint density at radius 1 is 1.33 bits per heavy atom. The number of non-ortho nitro benzene ring substituents is 1. The first-order chi connectivity index (χ1) is 14.0. The van der Waals surface area contributed by atoms with Crippen molar-refractivity contribution >= 4 is 47.0 Å². The third kappa shape index (κ3) is 9.22. The van der Waals surface area contributed by atoms with Gasteiger partial charge in [-0.2, -0.15) is 0 Å². The summed E-state index contributed by atoms with van der Waals surface area (Å²) in [6.07, 6.45) is 2.92. The van der Waals surface area contributed by atoms with E-state index in [-0.39, 0.29) is 42.8 Å². The van der Waals surface area contributed by atoms with Crippen LogP contribution in [0.5, 0.6) is 5.75 Å². The van der Waals surface area contributed by atoms with Crippen molar-refractivity contribution in [3.05, 3.63) is 50.5 Å². The number of nitro benzene ring substituents is 1. The number of rotatable bonds is 11. The zero-order chi connectivity index (χ0) is 21.1. The van der Waals surface area contributed by atoms with Gasteiger partial charge in [-0.3, -0.25) is 15.1 Å². The number of nitro groups is 1. The van der Waals surface area contributed by atoms with Crippen molar-refractivity contribution in [1.82, 2.24) is 15.6 Å². The third-order valence-corrected chi connectivity index (χ3v) is 5.08. The molecule has 1 heterocycles. The second-order valence-electron chi connectivity index (χ2n) is 6.19. The van der Waals surface area contributed by atoms with E-state index in [1.165, 1.54) is 29.1 Å². The van der Waals surface area contributed by atoms with E-state index in [4.69, 9.17) is 4.74 Å². The molecule has 0 saturated carbocycles. The molecule has 1 aromatic carbocycles. The summed E-state index contributed by atoms with van der Waals surface area (Å²) in [7, 11) is 0. The molecule has 3 N–H and O–H groups in total. The number of aryl methyl sites for hydroxylation is 1. The molecule has 1 unspecified atom stereocenters. The summed E-state index contributed by atoms with van der Waals surface area (Å²) in [6.45, 7) is 5.69. The maximum atomic E-state index is 10.6. The van der Waals surface area contributed by atoms with Crippen LogP contribution in [0, 0.1) is 10.1 Å². The molecule has 0 spiro atoms. The number of nitrogens with zero attached hydrogens (tertiary/aromatic N) is 3. The summed E-state index contributed by atoms with van der Waals surface area (Å²) in [5, 5.41) is 28.2. The van der Waals surface area contributed by atoms with E-state index in [2.05, 4.69) is 27.5 Å². The van der Waals surface area contributed by atoms with Crippen molar-refractivity contribution < 1.29 is 14.8 Å². The molecule has 0 saturated heterocycles. The number of aliphatic hydroxyl groups excluding tert-OH is 1. The van der Waals surface area contributed by atoms with Crippen LogP contribution in [0.4, 0.5) is 5.69 Å². The molecule has 166 valence electrons. The SMILES string of the molecule is CCNC(=NCC(O)COc1ccc([N+](=O)[O-])cc1)NCCc1ncc(CC)s1.I. The molecular weight excluding hydrogens is 521 g/mol. The number of nitrogens with one attached hydrogen (secondary N) is 2. The Bertz CT molecular complexity index is 800. The predicted octanol–water partition coefficient (Wildman–Crippen LogP) is 2.77. The van der Waals surface area contributed by atoms with E-state index in [9.17, 15) is 15.2 Å². The standard InChI is InChI=1S/C19H27N5O4S.HI/c1-3-17-12-22-18(29-17)9-10-21-19(20-4-2)23-11-15(25)13-28-16-7-5-14(6-8-16)24(26)27;/h5-8,12,15,25H,3-4,9-11,13H2,1-2H3,(H2,20,21,23);1H. The van der Waals surface area contributed by atoms with Crippen LogP contribution in [0.25, 0.3) is 0 Å². The lowest BCUT2D eigenvalue weighted by molar-refractivity contribution is -0.384. The van der Waals surface area contributed by atoms with Gasteiger partial charge in [-0.05, 0) is 25.5 Å². The molecular formula is C19H28IN5O4S. The van der Waals surface area contributed by atoms with Crippen LogP contribution >= 0.6 is 35.3 Å². The van der Waals surface area contributed by atoms with Crippen LogP contribution in [0.2, 0.25) is 0 Å². The second-order valence-corrected chi connectivity index (χ2v) is 7.39. The number of thiazole rings is 1. The molecule has 9 nitrogen and oxygen atoms in total. The molecule has 30 heavy (non-hydrogen) atoms. The highest BCUT2D eigenvalue weighted by molar-refractivity contribution is 14.0. The number of aliphatic imine (C=N–C) groups is 1. The molecule has 0 aliphatic rings. The van der Waals surface area contributed by atoms with Gasteiger partial charge in [0.25, 0.3) is 5.69 Å². The largest absolute Gasteiger partial charge is 0.491 e. The van der Waals surface area contributed by atoms with Crippen molar-refractivity contribution in [1.29, 1.82) is 0 Å². The van der Waals surface area contributed by atoms with Crippen molar-refractivity contribution in [2.75, 3.05) is 26.2 Å². The first-order valence-corrected chi connectivity index (χ1v) is 10.3. The number of benzene rings is 1. The lowest BCUT2D eigenvalue weighted by atomic mass is 10.3. The van der Waals surface area contributed by atoms with Gasteiger partial charge in [0.1, 0.15) is 18.5 Å². The molecule has 0 aliphatic carbocycles. The Balaban J connectivity index is 0.00000450. The first kappa shape index (κ1) is 26.0. The number of ether oxygens (including phenoxy) is 1. The van der Waals surface area contributed by atoms with Gasteiger partial charge in [-0.1, -0.05) is 6.92 Å². The van der Waals surface area contributed by atoms with Crippen molar-refractivity contribution in [3.63, 3.8) is 0 Å². The number of guanidine groups is 1. The molecule has 1 atom stereocenters. The molecule has 0 bridgehead atoms. The minimum atomic E-state index is -0.799. The van der Waals surface area contributed by atoms with E-state index >= 15 is 0 Å². The van der Waals surface area contributed by atoms with Crippen molar-refractivity contribution in [2.24, 2.45) is 4.99 Å². The van der Waals surface area contributed by atoms with Gasteiger partial charge >= 0.3 is 0 Å². The number of aliphatic hydroxyl groups is 1. The Labute approximate surface area is 197 Å². The highest BCUT2D eigenvalue weighted by Crippen LogP contribution is 2.17. The second kappa shape index (κ2) is 14.1. The topological polar surface area (TPSA) is 122 Å². The lowest BCUT2D eigenvalue weighted by Gasteiger charge is -2.13. The fourth-order valence-electron chi connectivity index (χ4n) is 2.36. The molecule has 11 heteroatoms. The highest BCUT2D eigenvalue weighted by atomic mass is 127. The quantitative estimate of drug-likeness (QED) is 0.130. The van der Waals surface area contributed by atoms with Crippen LogP contribution in [-0.4, -0.2) is 53.3 Å². The Morgan fingerprint density at radius 3 is 2.67 bits per heavy atom. The van der Waals surface area contributed by atoms with Crippen LogP contribution in [0.3, 0.4) is 0 Å². The van der Waals surface area contributed by atoms with Crippen LogP contribution in [0.1, 0.15) is 23.7 Å². The van der Waals surface area contributed by atoms with Gasteiger partial charge in [0.15, 0.2) is 5.96 Å². The molecule has 1 aromatic heterocycles. The van der Waals surface area contributed by atoms with E-state index in [0.717, 1.165) is 17.8 Å². The molecule has 2 aromatic rings. The fraction of sp³-hybridized carbons (Fsp3) is 0.474. The fourth-order valence-corrected chi connectivity index (χ4v) is 3.22. The summed E-state index contributed by atoms with van der Waals surface area (Å²) in [6, 6.07) is 5.72. The predicted molar refractivity (Wildman–Crippen MR) is 129 cm³/mol. The Morgan fingerprint density at radius 2 is 2.07 bits per heavy atom. The number of halogens is 1. The van der Waals surface area contributed by atoms with Gasteiger partial charge in [-0.15, -0.1) is 35.3 Å². The molecule has 0 radical (unpaired) electrons. The Kier molecular flexibility index (Phi) is 12.2. The molecule has 0 amide bonds. The first-order valence-electron chi connectivity index (χ1n) is 9.52. The summed E-state index contributed by atoms with van der Waals surface area (Å²) in [5.41, 5.74) is -0.00692. The average molecular weight is 549 g/mol. The van der Waals surface area contributed by atoms with Crippen LogP contribution in [0.15, 0.2) is 35.5 Å². The van der Waals surface area contributed by atoms with Gasteiger partial charge in [0.05, 0.1) is 16.5 Å². The number of hydrogen-bond donors (Lipinski definition) is 3. The van der Waals surface area contributed by atoms with Crippen LogP contribution in [-0.2, 0) is 12.8 Å². The number of hydrogen-bond acceptors (Lipinski definition) is 7. The highest BCUT2D eigenvalue weighted by Gasteiger charge is 2.08. The summed E-state index contributed by atoms with van der Waals surface area (Å²) in [4.78, 5) is 20.2. The van der Waals surface area contributed by atoms with Crippen LogP contribution < -0.4 is 15.4 Å². The Hall–Kier alpha value is -1.99.